The van der Waals surface area contributed by atoms with Gasteiger partial charge in [-0.05, 0) is 54.6 Å². The monoisotopic (exact) mass is 393 g/mol. The second-order valence-electron chi connectivity index (χ2n) is 6.13. The summed E-state index contributed by atoms with van der Waals surface area (Å²) in [6.45, 7) is 2.42. The first-order valence-corrected chi connectivity index (χ1v) is 9.84. The van der Waals surface area contributed by atoms with E-state index in [4.69, 9.17) is 19.7 Å². The molecule has 3 N–H and O–H groups in total. The van der Waals surface area contributed by atoms with Crippen LogP contribution in [-0.2, 0) is 11.3 Å². The number of piperidine rings is 1. The largest absolute Gasteiger partial charge is 0.503 e. The lowest BCUT2D eigenvalue weighted by atomic mass is 9.88. The second-order valence-corrected chi connectivity index (χ2v) is 7.01. The molecule has 0 bridgehead atoms. The lowest BCUT2D eigenvalue weighted by Crippen LogP contribution is -2.40. The van der Waals surface area contributed by atoms with Crippen LogP contribution in [0.1, 0.15) is 23.5 Å². The van der Waals surface area contributed by atoms with Crippen LogP contribution in [0.25, 0.3) is 0 Å². The highest BCUT2D eigenvalue weighted by atomic mass is 32.2. The Balaban J connectivity index is 0.000000596. The highest BCUT2D eigenvalue weighted by molar-refractivity contribution is 7.98. The normalized spacial score (nSPS) is 19.0. The molecule has 1 saturated heterocycles. The average Bonchev–Trinajstić information content (AvgIpc) is 2.67. The summed E-state index contributed by atoms with van der Waals surface area (Å²) in [5.41, 5.74) is 2.35. The van der Waals surface area contributed by atoms with Gasteiger partial charge in [0.25, 0.3) is 0 Å². The molecule has 27 heavy (non-hydrogen) atoms. The van der Waals surface area contributed by atoms with Crippen molar-refractivity contribution in [2.75, 3.05) is 19.3 Å². The number of thioether (sulfide) groups is 1. The maximum Gasteiger partial charge on any atom is 0.503 e. The van der Waals surface area contributed by atoms with Gasteiger partial charge < -0.3 is 20.3 Å². The average molecular weight is 393 g/mol. The smallest absolute Gasteiger partial charge is 0.450 e. The minimum atomic E-state index is -1.83. The molecule has 2 aromatic carbocycles. The van der Waals surface area contributed by atoms with Crippen molar-refractivity contribution >= 4 is 17.9 Å². The van der Waals surface area contributed by atoms with Gasteiger partial charge in [0.05, 0.1) is 12.7 Å². The number of nitrogens with one attached hydrogen (secondary N) is 1. The molecular formula is C20H24FNO4S. The van der Waals surface area contributed by atoms with Crippen molar-refractivity contribution in [3.8, 4) is 0 Å². The van der Waals surface area contributed by atoms with E-state index in [1.165, 1.54) is 22.6 Å². The molecule has 0 amide bonds. The molecule has 2 atom stereocenters. The van der Waals surface area contributed by atoms with Crippen molar-refractivity contribution in [1.82, 2.24) is 5.32 Å². The molecule has 0 saturated carbocycles. The summed E-state index contributed by atoms with van der Waals surface area (Å²) in [5, 5.41) is 17.3. The van der Waals surface area contributed by atoms with Gasteiger partial charge in [-0.2, -0.15) is 0 Å². The van der Waals surface area contributed by atoms with E-state index >= 15 is 0 Å². The summed E-state index contributed by atoms with van der Waals surface area (Å²) in [4.78, 5) is 9.82. The van der Waals surface area contributed by atoms with Gasteiger partial charge in [-0.1, -0.05) is 24.3 Å². The first-order valence-electron chi connectivity index (χ1n) is 8.62. The molecule has 1 fully saturated rings. The van der Waals surface area contributed by atoms with Crippen molar-refractivity contribution in [3.05, 3.63) is 65.5 Å². The Bertz CT molecular complexity index is 705. The number of halogens is 1. The number of carboxylic acid groups (broad SMARTS) is 2. The van der Waals surface area contributed by atoms with Gasteiger partial charge in [0.15, 0.2) is 0 Å². The number of benzene rings is 2. The topological polar surface area (TPSA) is 78.8 Å². The number of ether oxygens (including phenoxy) is 1. The SMILES string of the molecule is CSc1ccc(COC2CNCCC2c2ccc(F)cc2)cc1.O=C(O)O. The Morgan fingerprint density at radius 2 is 1.81 bits per heavy atom. The van der Waals surface area contributed by atoms with E-state index in [2.05, 4.69) is 35.8 Å². The third-order valence-corrected chi connectivity index (χ3v) is 5.09. The summed E-state index contributed by atoms with van der Waals surface area (Å²) < 4.78 is 19.3. The van der Waals surface area contributed by atoms with Gasteiger partial charge in [-0.15, -0.1) is 11.8 Å². The molecule has 0 spiro atoms. The maximum atomic E-state index is 13.1. The van der Waals surface area contributed by atoms with Gasteiger partial charge >= 0.3 is 6.16 Å². The molecule has 146 valence electrons. The van der Waals surface area contributed by atoms with E-state index in [1.807, 2.05) is 12.1 Å². The van der Waals surface area contributed by atoms with Crippen LogP contribution in [0.3, 0.4) is 0 Å². The molecule has 0 aromatic heterocycles. The van der Waals surface area contributed by atoms with E-state index in [9.17, 15) is 4.39 Å². The summed E-state index contributed by atoms with van der Waals surface area (Å²) in [5.74, 6) is 0.136. The van der Waals surface area contributed by atoms with Crippen LogP contribution >= 0.6 is 11.8 Å². The minimum absolute atomic E-state index is 0.120. The fraction of sp³-hybridized carbons (Fsp3) is 0.350. The molecule has 7 heteroatoms. The molecule has 2 aromatic rings. The van der Waals surface area contributed by atoms with E-state index in [1.54, 1.807) is 11.8 Å². The maximum absolute atomic E-state index is 13.1. The van der Waals surface area contributed by atoms with Crippen LogP contribution in [-0.4, -0.2) is 41.8 Å². The Labute approximate surface area is 162 Å². The number of hydrogen-bond acceptors (Lipinski definition) is 4. The van der Waals surface area contributed by atoms with Crippen molar-refractivity contribution < 1.29 is 24.1 Å². The van der Waals surface area contributed by atoms with Gasteiger partial charge in [0.1, 0.15) is 5.82 Å². The second kappa shape index (κ2) is 10.9. The molecule has 0 aliphatic carbocycles. The van der Waals surface area contributed by atoms with E-state index < -0.39 is 6.16 Å². The van der Waals surface area contributed by atoms with Crippen LogP contribution in [0.2, 0.25) is 0 Å². The van der Waals surface area contributed by atoms with Crippen molar-refractivity contribution in [2.45, 2.75) is 29.9 Å². The van der Waals surface area contributed by atoms with Gasteiger partial charge in [0, 0.05) is 17.4 Å². The first-order chi connectivity index (χ1) is 13.0. The zero-order valence-corrected chi connectivity index (χ0v) is 15.9. The van der Waals surface area contributed by atoms with Crippen LogP contribution in [0, 0.1) is 5.82 Å². The molecule has 5 nitrogen and oxygen atoms in total. The van der Waals surface area contributed by atoms with Crippen molar-refractivity contribution in [3.63, 3.8) is 0 Å². The fourth-order valence-electron chi connectivity index (χ4n) is 3.02. The number of hydrogen-bond donors (Lipinski definition) is 3. The Morgan fingerprint density at radius 3 is 2.41 bits per heavy atom. The van der Waals surface area contributed by atoms with Crippen LogP contribution < -0.4 is 5.32 Å². The van der Waals surface area contributed by atoms with Crippen molar-refractivity contribution in [2.24, 2.45) is 0 Å². The Morgan fingerprint density at radius 1 is 1.19 bits per heavy atom. The lowest BCUT2D eigenvalue weighted by molar-refractivity contribution is 0.0106. The Hall–Kier alpha value is -2.09. The van der Waals surface area contributed by atoms with Gasteiger partial charge in [-0.25, -0.2) is 9.18 Å². The molecule has 3 rings (SSSR count). The van der Waals surface area contributed by atoms with E-state index in [0.29, 0.717) is 12.5 Å². The molecule has 1 aliphatic rings. The lowest BCUT2D eigenvalue weighted by Gasteiger charge is -2.32. The minimum Gasteiger partial charge on any atom is -0.450 e. The molecule has 1 heterocycles. The zero-order valence-electron chi connectivity index (χ0n) is 15.1. The summed E-state index contributed by atoms with van der Waals surface area (Å²) in [7, 11) is 0. The third-order valence-electron chi connectivity index (χ3n) is 4.35. The molecule has 1 aliphatic heterocycles. The van der Waals surface area contributed by atoms with E-state index in [0.717, 1.165) is 25.1 Å². The number of carbonyl (C=O) groups is 1. The van der Waals surface area contributed by atoms with Crippen LogP contribution in [0.15, 0.2) is 53.4 Å². The van der Waals surface area contributed by atoms with Crippen LogP contribution in [0.4, 0.5) is 9.18 Å². The quantitative estimate of drug-likeness (QED) is 0.652. The van der Waals surface area contributed by atoms with Gasteiger partial charge in [0.2, 0.25) is 0 Å². The first kappa shape index (κ1) is 21.2. The van der Waals surface area contributed by atoms with E-state index in [-0.39, 0.29) is 11.9 Å². The zero-order chi connectivity index (χ0) is 19.6. The summed E-state index contributed by atoms with van der Waals surface area (Å²) in [6.07, 6.45) is 1.38. The third kappa shape index (κ3) is 7.21. The summed E-state index contributed by atoms with van der Waals surface area (Å²) >= 11 is 1.74. The Kier molecular flexibility index (Phi) is 8.57. The molecule has 2 unspecified atom stereocenters. The van der Waals surface area contributed by atoms with Gasteiger partial charge in [-0.3, -0.25) is 0 Å². The molecule has 0 radical (unpaired) electrons. The standard InChI is InChI=1S/C19H22FNOS.CH2O3/c1-23-17-8-2-14(3-9-17)13-22-19-12-21-11-10-18(19)15-4-6-16(20)7-5-15;2-1(3)4/h2-9,18-19,21H,10-13H2,1H3;(H2,2,3,4). The summed E-state index contributed by atoms with van der Waals surface area (Å²) in [6, 6.07) is 15.3. The molecular weight excluding hydrogens is 369 g/mol. The number of rotatable bonds is 5. The van der Waals surface area contributed by atoms with Crippen molar-refractivity contribution in [1.29, 1.82) is 0 Å². The fourth-order valence-corrected chi connectivity index (χ4v) is 3.43. The predicted octanol–water partition coefficient (Wildman–Crippen LogP) is 4.43. The highest BCUT2D eigenvalue weighted by Crippen LogP contribution is 2.28. The predicted molar refractivity (Wildman–Crippen MR) is 104 cm³/mol. The van der Waals surface area contributed by atoms with Crippen LogP contribution in [0.5, 0.6) is 0 Å². The highest BCUT2D eigenvalue weighted by Gasteiger charge is 2.27.